The van der Waals surface area contributed by atoms with Crippen LogP contribution in [0.4, 0.5) is 16.5 Å². The maximum Gasteiger partial charge on any atom is 0.267 e. The van der Waals surface area contributed by atoms with Gasteiger partial charge in [0.05, 0.1) is 27.0 Å². The molecule has 0 saturated carbocycles. The number of amides is 1. The molecule has 0 spiro atoms. The second kappa shape index (κ2) is 8.83. The first kappa shape index (κ1) is 20.5. The highest BCUT2D eigenvalue weighted by Gasteiger charge is 2.18. The van der Waals surface area contributed by atoms with Gasteiger partial charge in [-0.25, -0.2) is 4.98 Å². The van der Waals surface area contributed by atoms with E-state index in [1.807, 2.05) is 31.2 Å². The highest BCUT2D eigenvalue weighted by molar-refractivity contribution is 7.17. The van der Waals surface area contributed by atoms with E-state index in [1.165, 1.54) is 38.2 Å². The fourth-order valence-corrected chi connectivity index (χ4v) is 3.64. The minimum atomic E-state index is -0.258. The number of hydrogen-bond acceptors (Lipinski definition) is 7. The van der Waals surface area contributed by atoms with Gasteiger partial charge in [0.2, 0.25) is 5.75 Å². The predicted molar refractivity (Wildman–Crippen MR) is 115 cm³/mol. The van der Waals surface area contributed by atoms with Crippen LogP contribution in [-0.4, -0.2) is 32.2 Å². The average molecular weight is 413 g/mol. The van der Waals surface area contributed by atoms with Crippen LogP contribution in [0.2, 0.25) is 0 Å². The fourth-order valence-electron chi connectivity index (χ4n) is 2.76. The lowest BCUT2D eigenvalue weighted by Gasteiger charge is -2.14. The predicted octanol–water partition coefficient (Wildman–Crippen LogP) is 4.78. The molecule has 0 radical (unpaired) electrons. The Bertz CT molecular complexity index is 990. The van der Waals surface area contributed by atoms with Crippen molar-refractivity contribution in [3.63, 3.8) is 0 Å². The number of carbonyl (C=O) groups excluding carboxylic acids is 1. The maximum atomic E-state index is 12.8. The second-order valence-electron chi connectivity index (χ2n) is 6.29. The van der Waals surface area contributed by atoms with Gasteiger partial charge in [0, 0.05) is 23.5 Å². The van der Waals surface area contributed by atoms with Crippen LogP contribution in [0.25, 0.3) is 0 Å². The van der Waals surface area contributed by atoms with Gasteiger partial charge in [0.25, 0.3) is 5.91 Å². The molecule has 0 aliphatic heterocycles. The molecule has 152 valence electrons. The van der Waals surface area contributed by atoms with E-state index in [0.717, 1.165) is 5.69 Å². The van der Waals surface area contributed by atoms with Crippen molar-refractivity contribution in [1.82, 2.24) is 4.98 Å². The molecule has 3 rings (SSSR count). The van der Waals surface area contributed by atoms with Gasteiger partial charge in [-0.15, -0.1) is 0 Å². The highest BCUT2D eigenvalue weighted by Crippen LogP contribution is 2.40. The Labute approximate surface area is 173 Å². The summed E-state index contributed by atoms with van der Waals surface area (Å²) >= 11 is 1.29. The first-order chi connectivity index (χ1) is 13.9. The van der Waals surface area contributed by atoms with Gasteiger partial charge in [-0.3, -0.25) is 4.79 Å². The van der Waals surface area contributed by atoms with Crippen molar-refractivity contribution in [2.45, 2.75) is 13.8 Å². The third kappa shape index (κ3) is 4.60. The smallest absolute Gasteiger partial charge is 0.267 e. The van der Waals surface area contributed by atoms with Crippen LogP contribution in [-0.2, 0) is 0 Å². The number of thiazole rings is 1. The molecule has 0 bridgehead atoms. The standard InChI is InChI=1S/C21H23N3O4S/c1-12-6-8-14(9-7-12)24-21-22-13(2)19(29-21)20(25)23-15-10-16(26-3)18(28-5)17(11-15)27-4/h6-11H,1-5H3,(H,22,24)(H,23,25). The van der Waals surface area contributed by atoms with E-state index in [-0.39, 0.29) is 5.91 Å². The Balaban J connectivity index is 1.81. The van der Waals surface area contributed by atoms with Crippen LogP contribution in [0.15, 0.2) is 36.4 Å². The Morgan fingerprint density at radius 3 is 2.10 bits per heavy atom. The Morgan fingerprint density at radius 2 is 1.55 bits per heavy atom. The molecule has 0 fully saturated rings. The zero-order chi connectivity index (χ0) is 21.0. The molecule has 0 unspecified atom stereocenters. The Hall–Kier alpha value is -3.26. The third-order valence-electron chi connectivity index (χ3n) is 4.23. The Morgan fingerprint density at radius 1 is 0.931 bits per heavy atom. The van der Waals surface area contributed by atoms with Crippen LogP contribution >= 0.6 is 11.3 Å². The van der Waals surface area contributed by atoms with Gasteiger partial charge in [0.1, 0.15) is 4.88 Å². The number of ether oxygens (including phenoxy) is 3. The van der Waals surface area contributed by atoms with E-state index in [2.05, 4.69) is 15.6 Å². The monoisotopic (exact) mass is 413 g/mol. The summed E-state index contributed by atoms with van der Waals surface area (Å²) in [7, 11) is 4.58. The van der Waals surface area contributed by atoms with E-state index >= 15 is 0 Å². The van der Waals surface area contributed by atoms with Crippen LogP contribution in [0.3, 0.4) is 0 Å². The molecule has 2 aromatic carbocycles. The Kier molecular flexibility index (Phi) is 6.23. The summed E-state index contributed by atoms with van der Waals surface area (Å²) in [4.78, 5) is 17.8. The molecule has 8 heteroatoms. The van der Waals surface area contributed by atoms with Crippen molar-refractivity contribution < 1.29 is 19.0 Å². The number of aryl methyl sites for hydroxylation is 2. The zero-order valence-electron chi connectivity index (χ0n) is 17.0. The van der Waals surface area contributed by atoms with Gasteiger partial charge < -0.3 is 24.8 Å². The number of carbonyl (C=O) groups is 1. The summed E-state index contributed by atoms with van der Waals surface area (Å²) in [6.07, 6.45) is 0. The first-order valence-corrected chi connectivity index (χ1v) is 9.69. The number of rotatable bonds is 7. The van der Waals surface area contributed by atoms with E-state index in [0.29, 0.717) is 38.6 Å². The summed E-state index contributed by atoms with van der Waals surface area (Å²) in [6.45, 7) is 3.84. The normalized spacial score (nSPS) is 10.4. The molecular weight excluding hydrogens is 390 g/mol. The fraction of sp³-hybridized carbons (Fsp3) is 0.238. The molecular formula is C21H23N3O4S. The maximum absolute atomic E-state index is 12.8. The minimum absolute atomic E-state index is 0.258. The molecule has 1 amide bonds. The molecule has 0 aliphatic carbocycles. The third-order valence-corrected chi connectivity index (χ3v) is 5.30. The largest absolute Gasteiger partial charge is 0.493 e. The number of aromatic nitrogens is 1. The molecule has 1 aromatic heterocycles. The number of benzene rings is 2. The zero-order valence-corrected chi connectivity index (χ0v) is 17.8. The van der Waals surface area contributed by atoms with E-state index in [1.54, 1.807) is 19.1 Å². The quantitative estimate of drug-likeness (QED) is 0.580. The van der Waals surface area contributed by atoms with Crippen molar-refractivity contribution in [2.24, 2.45) is 0 Å². The molecule has 0 aliphatic rings. The van der Waals surface area contributed by atoms with Crippen molar-refractivity contribution >= 4 is 33.8 Å². The number of methoxy groups -OCH3 is 3. The topological polar surface area (TPSA) is 81.7 Å². The molecule has 1 heterocycles. The molecule has 7 nitrogen and oxygen atoms in total. The lowest BCUT2D eigenvalue weighted by atomic mass is 10.2. The van der Waals surface area contributed by atoms with Crippen molar-refractivity contribution in [3.05, 3.63) is 52.5 Å². The van der Waals surface area contributed by atoms with Gasteiger partial charge >= 0.3 is 0 Å². The van der Waals surface area contributed by atoms with Crippen molar-refractivity contribution in [2.75, 3.05) is 32.0 Å². The van der Waals surface area contributed by atoms with Crippen LogP contribution in [0.1, 0.15) is 20.9 Å². The van der Waals surface area contributed by atoms with Crippen molar-refractivity contribution in [3.8, 4) is 17.2 Å². The van der Waals surface area contributed by atoms with Gasteiger partial charge in [-0.05, 0) is 26.0 Å². The first-order valence-electron chi connectivity index (χ1n) is 8.87. The highest BCUT2D eigenvalue weighted by atomic mass is 32.1. The summed E-state index contributed by atoms with van der Waals surface area (Å²) in [5.41, 5.74) is 3.28. The SMILES string of the molecule is COc1cc(NC(=O)c2sc(Nc3ccc(C)cc3)nc2C)cc(OC)c1OC. The minimum Gasteiger partial charge on any atom is -0.493 e. The lowest BCUT2D eigenvalue weighted by molar-refractivity contribution is 0.103. The molecule has 2 N–H and O–H groups in total. The number of hydrogen-bond donors (Lipinski definition) is 2. The second-order valence-corrected chi connectivity index (χ2v) is 7.29. The van der Waals surface area contributed by atoms with E-state index < -0.39 is 0 Å². The lowest BCUT2D eigenvalue weighted by Crippen LogP contribution is -2.12. The van der Waals surface area contributed by atoms with E-state index in [4.69, 9.17) is 14.2 Å². The summed E-state index contributed by atoms with van der Waals surface area (Å²) in [5.74, 6) is 1.13. The number of anilines is 3. The molecule has 29 heavy (non-hydrogen) atoms. The number of nitrogens with one attached hydrogen (secondary N) is 2. The van der Waals surface area contributed by atoms with Crippen LogP contribution in [0.5, 0.6) is 17.2 Å². The average Bonchev–Trinajstić information content (AvgIpc) is 3.09. The summed E-state index contributed by atoms with van der Waals surface area (Å²) in [5, 5.41) is 6.76. The molecule has 0 atom stereocenters. The number of nitrogens with zero attached hydrogens (tertiary/aromatic N) is 1. The molecule has 0 saturated heterocycles. The summed E-state index contributed by atoms with van der Waals surface area (Å²) < 4.78 is 16.0. The van der Waals surface area contributed by atoms with E-state index in [9.17, 15) is 4.79 Å². The van der Waals surface area contributed by atoms with Gasteiger partial charge in [0.15, 0.2) is 16.6 Å². The van der Waals surface area contributed by atoms with Crippen LogP contribution in [0, 0.1) is 13.8 Å². The van der Waals surface area contributed by atoms with Crippen LogP contribution < -0.4 is 24.8 Å². The molecule has 3 aromatic rings. The van der Waals surface area contributed by atoms with Gasteiger partial charge in [-0.2, -0.15) is 0 Å². The van der Waals surface area contributed by atoms with Gasteiger partial charge in [-0.1, -0.05) is 29.0 Å². The summed E-state index contributed by atoms with van der Waals surface area (Å²) in [6, 6.07) is 11.3. The van der Waals surface area contributed by atoms with Crippen molar-refractivity contribution in [1.29, 1.82) is 0 Å².